The van der Waals surface area contributed by atoms with E-state index in [-0.39, 0.29) is 19.1 Å². The summed E-state index contributed by atoms with van der Waals surface area (Å²) in [6.07, 6.45) is 0. The number of carbonyl (C=O) groups is 2. The van der Waals surface area contributed by atoms with Gasteiger partial charge in [-0.1, -0.05) is 29.8 Å². The highest BCUT2D eigenvalue weighted by molar-refractivity contribution is 7.15. The topological polar surface area (TPSA) is 71.1 Å². The first-order chi connectivity index (χ1) is 17.4. The van der Waals surface area contributed by atoms with Gasteiger partial charge in [-0.25, -0.2) is 4.79 Å². The van der Waals surface area contributed by atoms with Gasteiger partial charge in [0.25, 0.3) is 0 Å². The van der Waals surface area contributed by atoms with E-state index in [0.29, 0.717) is 10.6 Å². The van der Waals surface area contributed by atoms with Gasteiger partial charge in [-0.05, 0) is 44.0 Å². The summed E-state index contributed by atoms with van der Waals surface area (Å²) in [5.41, 5.74) is 5.53. The summed E-state index contributed by atoms with van der Waals surface area (Å²) in [6.45, 7) is 9.58. The number of piperazine rings is 1. The van der Waals surface area contributed by atoms with E-state index >= 15 is 0 Å². The molecule has 1 aliphatic rings. The minimum Gasteiger partial charge on any atom is -0.497 e. The molecular formula is C28H33N3O4S. The summed E-state index contributed by atoms with van der Waals surface area (Å²) in [6, 6.07) is 14.2. The molecule has 36 heavy (non-hydrogen) atoms. The molecule has 0 spiro atoms. The zero-order valence-electron chi connectivity index (χ0n) is 21.3. The predicted octanol–water partition coefficient (Wildman–Crippen LogP) is 4.98. The maximum absolute atomic E-state index is 13.0. The highest BCUT2D eigenvalue weighted by atomic mass is 32.1. The SMILES string of the molecule is CCOC(=O)c1c(-c2ccc(C)cc2C)csc1NC(=O)CN1CCN(c2cccc(OC)c2)CC1. The van der Waals surface area contributed by atoms with Crippen molar-refractivity contribution in [3.63, 3.8) is 0 Å². The second-order valence-electron chi connectivity index (χ2n) is 8.91. The van der Waals surface area contributed by atoms with Crippen molar-refractivity contribution >= 4 is 33.9 Å². The molecular weight excluding hydrogens is 474 g/mol. The van der Waals surface area contributed by atoms with E-state index in [1.54, 1.807) is 14.0 Å². The second kappa shape index (κ2) is 11.6. The molecule has 7 nitrogen and oxygen atoms in total. The fourth-order valence-corrected chi connectivity index (χ4v) is 5.47. The first-order valence-corrected chi connectivity index (χ1v) is 13.0. The fraction of sp³-hybridized carbons (Fsp3) is 0.357. The number of ether oxygens (including phenoxy) is 2. The van der Waals surface area contributed by atoms with Crippen LogP contribution in [0.1, 0.15) is 28.4 Å². The molecule has 0 radical (unpaired) electrons. The molecule has 3 aromatic rings. The van der Waals surface area contributed by atoms with Crippen molar-refractivity contribution in [3.05, 3.63) is 64.5 Å². The monoisotopic (exact) mass is 507 g/mol. The number of esters is 1. The number of rotatable bonds is 8. The molecule has 1 amide bonds. The Kier molecular flexibility index (Phi) is 8.28. The van der Waals surface area contributed by atoms with Crippen LogP contribution in [-0.2, 0) is 9.53 Å². The van der Waals surface area contributed by atoms with Crippen LogP contribution in [0.5, 0.6) is 5.75 Å². The van der Waals surface area contributed by atoms with Gasteiger partial charge in [-0.2, -0.15) is 0 Å². The number of methoxy groups -OCH3 is 1. The lowest BCUT2D eigenvalue weighted by molar-refractivity contribution is -0.117. The molecule has 2 aromatic carbocycles. The third-order valence-electron chi connectivity index (χ3n) is 6.35. The van der Waals surface area contributed by atoms with Gasteiger partial charge in [0.1, 0.15) is 16.3 Å². The van der Waals surface area contributed by atoms with Crippen LogP contribution in [0.25, 0.3) is 11.1 Å². The summed E-state index contributed by atoms with van der Waals surface area (Å²) >= 11 is 1.36. The quantitative estimate of drug-likeness (QED) is 0.434. The van der Waals surface area contributed by atoms with E-state index in [0.717, 1.165) is 59.9 Å². The van der Waals surface area contributed by atoms with Crippen molar-refractivity contribution in [1.82, 2.24) is 4.90 Å². The number of nitrogens with one attached hydrogen (secondary N) is 1. The normalized spacial score (nSPS) is 13.9. The molecule has 190 valence electrons. The Bertz CT molecular complexity index is 1230. The molecule has 1 fully saturated rings. The number of benzene rings is 2. The first-order valence-electron chi connectivity index (χ1n) is 12.2. The van der Waals surface area contributed by atoms with Crippen molar-refractivity contribution in [1.29, 1.82) is 0 Å². The van der Waals surface area contributed by atoms with Gasteiger partial charge < -0.3 is 19.7 Å². The van der Waals surface area contributed by atoms with Crippen LogP contribution in [0.15, 0.2) is 47.8 Å². The molecule has 8 heteroatoms. The van der Waals surface area contributed by atoms with Crippen molar-refractivity contribution in [2.75, 3.05) is 56.7 Å². The first kappa shape index (κ1) is 25.7. The van der Waals surface area contributed by atoms with E-state index in [1.807, 2.05) is 49.6 Å². The Hall–Kier alpha value is -3.36. The summed E-state index contributed by atoms with van der Waals surface area (Å²) in [4.78, 5) is 30.3. The molecule has 1 saturated heterocycles. The summed E-state index contributed by atoms with van der Waals surface area (Å²) < 4.78 is 10.7. The zero-order chi connectivity index (χ0) is 25.7. The van der Waals surface area contributed by atoms with E-state index in [2.05, 4.69) is 27.2 Å². The molecule has 0 unspecified atom stereocenters. The zero-order valence-corrected chi connectivity index (χ0v) is 22.1. The molecule has 0 saturated carbocycles. The Morgan fingerprint density at radius 3 is 2.50 bits per heavy atom. The third kappa shape index (κ3) is 5.88. The van der Waals surface area contributed by atoms with Crippen molar-refractivity contribution in [3.8, 4) is 16.9 Å². The van der Waals surface area contributed by atoms with Gasteiger partial charge >= 0.3 is 5.97 Å². The van der Waals surface area contributed by atoms with Crippen LogP contribution in [-0.4, -0.2) is 63.2 Å². The predicted molar refractivity (Wildman–Crippen MR) is 145 cm³/mol. The average Bonchev–Trinajstić information content (AvgIpc) is 3.27. The number of hydrogen-bond donors (Lipinski definition) is 1. The molecule has 0 aliphatic carbocycles. The van der Waals surface area contributed by atoms with Gasteiger partial charge in [0.2, 0.25) is 5.91 Å². The molecule has 1 N–H and O–H groups in total. The lowest BCUT2D eigenvalue weighted by Crippen LogP contribution is -2.48. The Labute approximate surface area is 216 Å². The fourth-order valence-electron chi connectivity index (χ4n) is 4.51. The van der Waals surface area contributed by atoms with Crippen LogP contribution in [0, 0.1) is 13.8 Å². The van der Waals surface area contributed by atoms with Crippen molar-refractivity contribution in [2.45, 2.75) is 20.8 Å². The van der Waals surface area contributed by atoms with Crippen LogP contribution < -0.4 is 15.0 Å². The van der Waals surface area contributed by atoms with E-state index in [4.69, 9.17) is 9.47 Å². The highest BCUT2D eigenvalue weighted by Gasteiger charge is 2.25. The number of amides is 1. The van der Waals surface area contributed by atoms with Crippen molar-refractivity contribution < 1.29 is 19.1 Å². The number of carbonyl (C=O) groups excluding carboxylic acids is 2. The highest BCUT2D eigenvalue weighted by Crippen LogP contribution is 2.38. The minimum atomic E-state index is -0.420. The van der Waals surface area contributed by atoms with E-state index in [9.17, 15) is 9.59 Å². The van der Waals surface area contributed by atoms with Gasteiger partial charge in [0.05, 0.1) is 20.3 Å². The lowest BCUT2D eigenvalue weighted by atomic mass is 9.97. The number of nitrogens with zero attached hydrogens (tertiary/aromatic N) is 2. The number of hydrogen-bond acceptors (Lipinski definition) is 7. The summed E-state index contributed by atoms with van der Waals surface area (Å²) in [7, 11) is 1.67. The summed E-state index contributed by atoms with van der Waals surface area (Å²) in [5.74, 6) is 0.281. The average molecular weight is 508 g/mol. The number of aryl methyl sites for hydroxylation is 2. The molecule has 4 rings (SSSR count). The standard InChI is InChI=1S/C28H33N3O4S/c1-5-35-28(33)26-24(23-10-9-19(2)15-20(23)3)18-36-27(26)29-25(32)17-30-11-13-31(14-12-30)21-7-6-8-22(16-21)34-4/h6-10,15-16,18H,5,11-14,17H2,1-4H3,(H,29,32). The van der Waals surface area contributed by atoms with Gasteiger partial charge in [-0.15, -0.1) is 11.3 Å². The van der Waals surface area contributed by atoms with Gasteiger partial charge in [0, 0.05) is 48.9 Å². The smallest absolute Gasteiger partial charge is 0.341 e. The third-order valence-corrected chi connectivity index (χ3v) is 7.25. The summed E-state index contributed by atoms with van der Waals surface area (Å²) in [5, 5.41) is 5.44. The molecule has 1 aromatic heterocycles. The van der Waals surface area contributed by atoms with Crippen LogP contribution in [0.4, 0.5) is 10.7 Å². The Morgan fingerprint density at radius 1 is 1.03 bits per heavy atom. The second-order valence-corrected chi connectivity index (χ2v) is 9.78. The number of thiophene rings is 1. The Balaban J connectivity index is 1.43. The van der Waals surface area contributed by atoms with Gasteiger partial charge in [-0.3, -0.25) is 9.69 Å². The van der Waals surface area contributed by atoms with Crippen molar-refractivity contribution in [2.24, 2.45) is 0 Å². The van der Waals surface area contributed by atoms with Crippen LogP contribution >= 0.6 is 11.3 Å². The lowest BCUT2D eigenvalue weighted by Gasteiger charge is -2.35. The molecule has 0 atom stereocenters. The van der Waals surface area contributed by atoms with Crippen LogP contribution in [0.3, 0.4) is 0 Å². The van der Waals surface area contributed by atoms with Gasteiger partial charge in [0.15, 0.2) is 0 Å². The largest absolute Gasteiger partial charge is 0.497 e. The molecule has 2 heterocycles. The maximum atomic E-state index is 13.0. The van der Waals surface area contributed by atoms with E-state index in [1.165, 1.54) is 11.3 Å². The number of anilines is 2. The minimum absolute atomic E-state index is 0.135. The van der Waals surface area contributed by atoms with E-state index < -0.39 is 5.97 Å². The molecule has 1 aliphatic heterocycles. The molecule has 0 bridgehead atoms. The van der Waals surface area contributed by atoms with Crippen LogP contribution in [0.2, 0.25) is 0 Å². The maximum Gasteiger partial charge on any atom is 0.341 e. The Morgan fingerprint density at radius 2 is 1.81 bits per heavy atom.